The molecule has 6 aromatic heterocycles. The number of hydrogen-bond donors (Lipinski definition) is 5. The zero-order chi connectivity index (χ0) is 39.7. The molecule has 6 heterocycles. The summed E-state index contributed by atoms with van der Waals surface area (Å²) < 4.78 is 9.21. The van der Waals surface area contributed by atoms with Crippen molar-refractivity contribution in [2.75, 3.05) is 30.8 Å². The number of urea groups is 2. The van der Waals surface area contributed by atoms with E-state index in [1.54, 1.807) is 31.8 Å². The van der Waals surface area contributed by atoms with Crippen molar-refractivity contribution in [1.29, 1.82) is 0 Å². The Morgan fingerprint density at radius 1 is 0.632 bits per heavy atom. The van der Waals surface area contributed by atoms with Gasteiger partial charge in [0.15, 0.2) is 0 Å². The number of imidazole rings is 2. The second-order valence-electron chi connectivity index (χ2n) is 12.7. The van der Waals surface area contributed by atoms with E-state index >= 15 is 0 Å². The molecular formula is C43H40N10O4. The number of aromatic amines is 1. The highest BCUT2D eigenvalue weighted by Gasteiger charge is 2.11. The van der Waals surface area contributed by atoms with E-state index in [0.29, 0.717) is 24.7 Å². The standard InChI is InChI=1S/C22H21N5O2.C21H19N5O2/c1-3-23-22(28)26-18-6-4-5-17(11-18)19-14-25-20-12-16(8-10-27(19)20)15-7-9-24-21(13-15)29-2;1-2-22-21(28)25-17-5-3-4-16(10-17)18-13-24-19-11-15(7-9-26(18)19)14-6-8-23-20(27)12-14/h4-14H,3H2,1-2H3,(H2,23,26,28);3-13H,2H2,1H3,(H,23,27)(H2,22,25,28). The van der Waals surface area contributed by atoms with Gasteiger partial charge in [0.25, 0.3) is 0 Å². The number of carbonyl (C=O) groups excluding carboxylic acids is 2. The van der Waals surface area contributed by atoms with E-state index in [4.69, 9.17) is 4.74 Å². The minimum absolute atomic E-state index is 0.141. The van der Waals surface area contributed by atoms with Crippen LogP contribution in [0.4, 0.5) is 21.0 Å². The summed E-state index contributed by atoms with van der Waals surface area (Å²) in [4.78, 5) is 50.9. The molecule has 0 fully saturated rings. The van der Waals surface area contributed by atoms with Crippen LogP contribution in [0.25, 0.3) is 56.1 Å². The van der Waals surface area contributed by atoms with Crippen LogP contribution in [0.1, 0.15) is 13.8 Å². The van der Waals surface area contributed by atoms with Crippen LogP contribution in [-0.2, 0) is 0 Å². The Morgan fingerprint density at radius 2 is 1.16 bits per heavy atom. The van der Waals surface area contributed by atoms with E-state index in [1.807, 2.05) is 132 Å². The third kappa shape index (κ3) is 8.81. The van der Waals surface area contributed by atoms with Crippen LogP contribution < -0.4 is 31.6 Å². The van der Waals surface area contributed by atoms with Gasteiger partial charge in [0.1, 0.15) is 11.3 Å². The third-order valence-corrected chi connectivity index (χ3v) is 8.92. The van der Waals surface area contributed by atoms with Gasteiger partial charge in [0.05, 0.1) is 30.9 Å². The zero-order valence-corrected chi connectivity index (χ0v) is 31.5. The van der Waals surface area contributed by atoms with Gasteiger partial charge in [-0.25, -0.2) is 24.5 Å². The summed E-state index contributed by atoms with van der Waals surface area (Å²) in [5.41, 5.74) is 10.4. The lowest BCUT2D eigenvalue weighted by molar-refractivity contribution is 0.251. The van der Waals surface area contributed by atoms with Gasteiger partial charge in [0, 0.05) is 72.5 Å². The summed E-state index contributed by atoms with van der Waals surface area (Å²) in [5.74, 6) is 0.572. The fourth-order valence-corrected chi connectivity index (χ4v) is 6.26. The van der Waals surface area contributed by atoms with Crippen LogP contribution >= 0.6 is 0 Å². The molecule has 0 unspecified atom stereocenters. The highest BCUT2D eigenvalue weighted by molar-refractivity contribution is 5.91. The Morgan fingerprint density at radius 3 is 1.67 bits per heavy atom. The molecule has 8 aromatic rings. The Labute approximate surface area is 327 Å². The van der Waals surface area contributed by atoms with E-state index in [2.05, 4.69) is 41.2 Å². The molecular weight excluding hydrogens is 721 g/mol. The Hall–Kier alpha value is -7.74. The maximum Gasteiger partial charge on any atom is 0.319 e. The van der Waals surface area contributed by atoms with E-state index in [1.165, 1.54) is 0 Å². The Kier molecular flexibility index (Phi) is 11.3. The predicted molar refractivity (Wildman–Crippen MR) is 222 cm³/mol. The molecule has 0 spiro atoms. The number of benzene rings is 2. The molecule has 0 saturated heterocycles. The van der Waals surface area contributed by atoms with Crippen molar-refractivity contribution in [3.63, 3.8) is 0 Å². The summed E-state index contributed by atoms with van der Waals surface area (Å²) in [6, 6.07) is 30.0. The summed E-state index contributed by atoms with van der Waals surface area (Å²) >= 11 is 0. The molecule has 0 atom stereocenters. The largest absolute Gasteiger partial charge is 0.481 e. The summed E-state index contributed by atoms with van der Waals surface area (Å²) in [6.45, 7) is 4.89. The maximum atomic E-state index is 11.8. The molecule has 14 nitrogen and oxygen atoms in total. The average Bonchev–Trinajstić information content (AvgIpc) is 3.86. The van der Waals surface area contributed by atoms with Crippen LogP contribution in [0, 0.1) is 0 Å². The van der Waals surface area contributed by atoms with Gasteiger partial charge in [0.2, 0.25) is 11.4 Å². The number of ether oxygens (including phenoxy) is 1. The summed E-state index contributed by atoms with van der Waals surface area (Å²) in [6.07, 6.45) is 10.9. The number of nitrogens with zero attached hydrogens (tertiary/aromatic N) is 5. The molecule has 8 rings (SSSR count). The lowest BCUT2D eigenvalue weighted by atomic mass is 10.1. The van der Waals surface area contributed by atoms with Crippen molar-refractivity contribution in [1.82, 2.24) is 39.4 Å². The van der Waals surface area contributed by atoms with Gasteiger partial charge in [-0.2, -0.15) is 0 Å². The molecule has 0 bridgehead atoms. The number of hydrogen-bond acceptors (Lipinski definition) is 7. The normalized spacial score (nSPS) is 10.7. The topological polar surface area (TPSA) is 172 Å². The van der Waals surface area contributed by atoms with Crippen LogP contribution in [0.2, 0.25) is 0 Å². The summed E-state index contributed by atoms with van der Waals surface area (Å²) in [7, 11) is 1.60. The SMILES string of the molecule is CCNC(=O)Nc1cccc(-c2cnc3cc(-c4cc[nH]c(=O)c4)ccn23)c1.CCNC(=O)Nc1cccc(-c2cnc3cc(-c4ccnc(OC)c4)ccn23)c1. The fourth-order valence-electron chi connectivity index (χ4n) is 6.26. The average molecular weight is 761 g/mol. The van der Waals surface area contributed by atoms with Crippen molar-refractivity contribution in [2.24, 2.45) is 0 Å². The van der Waals surface area contributed by atoms with Crippen molar-refractivity contribution >= 4 is 34.7 Å². The van der Waals surface area contributed by atoms with Crippen LogP contribution in [0.5, 0.6) is 5.88 Å². The summed E-state index contributed by atoms with van der Waals surface area (Å²) in [5, 5.41) is 11.1. The van der Waals surface area contributed by atoms with Gasteiger partial charge >= 0.3 is 12.1 Å². The second kappa shape index (κ2) is 17.2. The molecule has 0 radical (unpaired) electrons. The van der Waals surface area contributed by atoms with Crippen LogP contribution in [0.3, 0.4) is 0 Å². The van der Waals surface area contributed by atoms with E-state index in [9.17, 15) is 14.4 Å². The van der Waals surface area contributed by atoms with Gasteiger partial charge < -0.3 is 31.0 Å². The van der Waals surface area contributed by atoms with Crippen LogP contribution in [0.15, 0.2) is 139 Å². The number of carbonyl (C=O) groups is 2. The number of amides is 4. The lowest BCUT2D eigenvalue weighted by Gasteiger charge is -2.09. The van der Waals surface area contributed by atoms with E-state index < -0.39 is 0 Å². The number of nitrogens with one attached hydrogen (secondary N) is 5. The molecule has 0 aliphatic carbocycles. The molecule has 4 amide bonds. The lowest BCUT2D eigenvalue weighted by Crippen LogP contribution is -2.28. The van der Waals surface area contributed by atoms with Crippen molar-refractivity contribution in [2.45, 2.75) is 13.8 Å². The molecule has 0 aliphatic heterocycles. The highest BCUT2D eigenvalue weighted by Crippen LogP contribution is 2.29. The minimum Gasteiger partial charge on any atom is -0.481 e. The number of rotatable bonds is 9. The number of methoxy groups -OCH3 is 1. The number of aromatic nitrogens is 6. The molecule has 2 aromatic carbocycles. The molecule has 286 valence electrons. The molecule has 0 aliphatic rings. The smallest absolute Gasteiger partial charge is 0.319 e. The first-order chi connectivity index (χ1) is 27.8. The molecule has 5 N–H and O–H groups in total. The Balaban J connectivity index is 0.000000174. The maximum absolute atomic E-state index is 11.8. The first kappa shape index (κ1) is 37.6. The number of pyridine rings is 4. The number of H-pyrrole nitrogens is 1. The van der Waals surface area contributed by atoms with E-state index in [0.717, 1.165) is 61.8 Å². The molecule has 14 heteroatoms. The monoisotopic (exact) mass is 760 g/mol. The van der Waals surface area contributed by atoms with Crippen molar-refractivity contribution in [3.05, 3.63) is 145 Å². The predicted octanol–water partition coefficient (Wildman–Crippen LogP) is 7.71. The Bertz CT molecular complexity index is 2750. The molecule has 57 heavy (non-hydrogen) atoms. The van der Waals surface area contributed by atoms with Gasteiger partial charge in [-0.15, -0.1) is 0 Å². The first-order valence-corrected chi connectivity index (χ1v) is 18.3. The van der Waals surface area contributed by atoms with Crippen LogP contribution in [-0.4, -0.2) is 61.0 Å². The van der Waals surface area contributed by atoms with Gasteiger partial charge in [-0.3, -0.25) is 13.6 Å². The minimum atomic E-state index is -0.236. The highest BCUT2D eigenvalue weighted by atomic mass is 16.5. The third-order valence-electron chi connectivity index (χ3n) is 8.92. The second-order valence-corrected chi connectivity index (χ2v) is 12.7. The number of anilines is 2. The fraction of sp³-hybridized carbons (Fsp3) is 0.116. The van der Waals surface area contributed by atoms with Gasteiger partial charge in [-0.1, -0.05) is 24.3 Å². The first-order valence-electron chi connectivity index (χ1n) is 18.3. The van der Waals surface area contributed by atoms with Crippen molar-refractivity contribution < 1.29 is 14.3 Å². The van der Waals surface area contributed by atoms with Gasteiger partial charge in [-0.05, 0) is 96.8 Å². The molecule has 0 saturated carbocycles. The zero-order valence-electron chi connectivity index (χ0n) is 31.5. The van der Waals surface area contributed by atoms with E-state index in [-0.39, 0.29) is 17.6 Å². The number of fused-ring (bicyclic) bond motifs is 2. The quantitative estimate of drug-likeness (QED) is 0.100. The van der Waals surface area contributed by atoms with Crippen molar-refractivity contribution in [3.8, 4) is 50.6 Å².